The number of carbonyl (C=O) groups is 1. The van der Waals surface area contributed by atoms with Crippen molar-refractivity contribution >= 4 is 5.78 Å². The van der Waals surface area contributed by atoms with Crippen molar-refractivity contribution in [3.05, 3.63) is 35.4 Å². The SMILES string of the molecule is NCc1cccc(C(=O)C2CCCC2)c1. The molecule has 0 unspecified atom stereocenters. The average molecular weight is 203 g/mol. The summed E-state index contributed by atoms with van der Waals surface area (Å²) in [4.78, 5) is 12.1. The summed E-state index contributed by atoms with van der Waals surface area (Å²) >= 11 is 0. The summed E-state index contributed by atoms with van der Waals surface area (Å²) in [5.41, 5.74) is 7.44. The van der Waals surface area contributed by atoms with E-state index in [0.717, 1.165) is 24.0 Å². The van der Waals surface area contributed by atoms with E-state index in [1.165, 1.54) is 12.8 Å². The maximum absolute atomic E-state index is 12.1. The molecular weight excluding hydrogens is 186 g/mol. The van der Waals surface area contributed by atoms with Crippen LogP contribution in [0.25, 0.3) is 0 Å². The molecule has 2 rings (SSSR count). The van der Waals surface area contributed by atoms with Gasteiger partial charge in [0.25, 0.3) is 0 Å². The summed E-state index contributed by atoms with van der Waals surface area (Å²) in [5.74, 6) is 0.570. The standard InChI is InChI=1S/C13H17NO/c14-9-10-4-3-7-12(8-10)13(15)11-5-1-2-6-11/h3-4,7-8,11H,1-2,5-6,9,14H2. The first-order valence-corrected chi connectivity index (χ1v) is 5.64. The number of nitrogens with two attached hydrogens (primary N) is 1. The molecule has 1 aliphatic carbocycles. The Labute approximate surface area is 90.5 Å². The third-order valence-corrected chi connectivity index (χ3v) is 3.17. The van der Waals surface area contributed by atoms with E-state index in [0.29, 0.717) is 12.3 Å². The molecule has 0 aliphatic heterocycles. The first kappa shape index (κ1) is 10.4. The van der Waals surface area contributed by atoms with Crippen molar-refractivity contribution < 1.29 is 4.79 Å². The average Bonchev–Trinajstić information content (AvgIpc) is 2.81. The normalized spacial score (nSPS) is 16.9. The number of Topliss-reactive ketones (excluding diaryl/α,β-unsaturated/α-hetero) is 1. The summed E-state index contributed by atoms with van der Waals surface area (Å²) < 4.78 is 0. The van der Waals surface area contributed by atoms with Gasteiger partial charge in [0.05, 0.1) is 0 Å². The van der Waals surface area contributed by atoms with Crippen LogP contribution in [0.3, 0.4) is 0 Å². The molecule has 1 fully saturated rings. The van der Waals surface area contributed by atoms with Crippen molar-refractivity contribution in [1.82, 2.24) is 0 Å². The van der Waals surface area contributed by atoms with Gasteiger partial charge in [0.1, 0.15) is 0 Å². The lowest BCUT2D eigenvalue weighted by Crippen LogP contribution is -2.11. The van der Waals surface area contributed by atoms with Crippen LogP contribution >= 0.6 is 0 Å². The highest BCUT2D eigenvalue weighted by molar-refractivity contribution is 5.98. The summed E-state index contributed by atoms with van der Waals surface area (Å²) in [6, 6.07) is 7.72. The molecule has 0 atom stereocenters. The molecule has 0 radical (unpaired) electrons. The Kier molecular flexibility index (Phi) is 3.17. The van der Waals surface area contributed by atoms with Crippen LogP contribution in [0.4, 0.5) is 0 Å². The maximum Gasteiger partial charge on any atom is 0.165 e. The third kappa shape index (κ3) is 2.26. The Morgan fingerprint density at radius 1 is 1.33 bits per heavy atom. The quantitative estimate of drug-likeness (QED) is 0.767. The van der Waals surface area contributed by atoms with E-state index in [2.05, 4.69) is 0 Å². The summed E-state index contributed by atoms with van der Waals surface area (Å²) in [5, 5.41) is 0. The van der Waals surface area contributed by atoms with Gasteiger partial charge in [-0.1, -0.05) is 31.0 Å². The zero-order chi connectivity index (χ0) is 10.7. The van der Waals surface area contributed by atoms with E-state index >= 15 is 0 Å². The lowest BCUT2D eigenvalue weighted by Gasteiger charge is -2.08. The number of benzene rings is 1. The predicted octanol–water partition coefficient (Wildman–Crippen LogP) is 2.52. The fourth-order valence-corrected chi connectivity index (χ4v) is 2.28. The molecule has 1 aliphatic rings. The van der Waals surface area contributed by atoms with Crippen molar-refractivity contribution in [2.45, 2.75) is 32.2 Å². The summed E-state index contributed by atoms with van der Waals surface area (Å²) in [6.45, 7) is 0.506. The Morgan fingerprint density at radius 3 is 2.73 bits per heavy atom. The van der Waals surface area contributed by atoms with E-state index in [1.54, 1.807) is 0 Å². The van der Waals surface area contributed by atoms with E-state index in [1.807, 2.05) is 24.3 Å². The first-order chi connectivity index (χ1) is 7.31. The van der Waals surface area contributed by atoms with E-state index in [4.69, 9.17) is 5.73 Å². The number of carbonyl (C=O) groups excluding carboxylic acids is 1. The maximum atomic E-state index is 12.1. The third-order valence-electron chi connectivity index (χ3n) is 3.17. The van der Waals surface area contributed by atoms with Crippen molar-refractivity contribution in [1.29, 1.82) is 0 Å². The molecule has 1 aromatic rings. The van der Waals surface area contributed by atoms with Gasteiger partial charge in [-0.15, -0.1) is 0 Å². The highest BCUT2D eigenvalue weighted by atomic mass is 16.1. The van der Waals surface area contributed by atoms with Crippen LogP contribution < -0.4 is 5.73 Å². The second-order valence-corrected chi connectivity index (χ2v) is 4.25. The van der Waals surface area contributed by atoms with Crippen molar-refractivity contribution in [2.75, 3.05) is 0 Å². The van der Waals surface area contributed by atoms with Gasteiger partial charge in [0, 0.05) is 18.0 Å². The lowest BCUT2D eigenvalue weighted by atomic mass is 9.95. The molecule has 0 spiro atoms. The van der Waals surface area contributed by atoms with Gasteiger partial charge in [-0.25, -0.2) is 0 Å². The molecule has 0 heterocycles. The van der Waals surface area contributed by atoms with Gasteiger partial charge in [0.15, 0.2) is 5.78 Å². The zero-order valence-corrected chi connectivity index (χ0v) is 8.91. The molecule has 2 nitrogen and oxygen atoms in total. The van der Waals surface area contributed by atoms with Crippen LogP contribution in [0.15, 0.2) is 24.3 Å². The van der Waals surface area contributed by atoms with E-state index in [-0.39, 0.29) is 5.92 Å². The number of hydrogen-bond acceptors (Lipinski definition) is 2. The first-order valence-electron chi connectivity index (χ1n) is 5.64. The number of hydrogen-bond donors (Lipinski definition) is 1. The topological polar surface area (TPSA) is 43.1 Å². The van der Waals surface area contributed by atoms with Crippen LogP contribution in [0, 0.1) is 5.92 Å². The van der Waals surface area contributed by atoms with Gasteiger partial charge in [0.2, 0.25) is 0 Å². The van der Waals surface area contributed by atoms with Gasteiger partial charge in [-0.05, 0) is 24.5 Å². The van der Waals surface area contributed by atoms with E-state index < -0.39 is 0 Å². The molecule has 1 saturated carbocycles. The molecule has 0 saturated heterocycles. The molecule has 80 valence electrons. The zero-order valence-electron chi connectivity index (χ0n) is 8.91. The Morgan fingerprint density at radius 2 is 2.07 bits per heavy atom. The summed E-state index contributed by atoms with van der Waals surface area (Å²) in [6.07, 6.45) is 4.53. The van der Waals surface area contributed by atoms with Gasteiger partial charge < -0.3 is 5.73 Å². The minimum absolute atomic E-state index is 0.262. The molecule has 15 heavy (non-hydrogen) atoms. The van der Waals surface area contributed by atoms with Crippen molar-refractivity contribution in [3.63, 3.8) is 0 Å². The Hall–Kier alpha value is -1.15. The minimum atomic E-state index is 0.262. The molecule has 2 N–H and O–H groups in total. The minimum Gasteiger partial charge on any atom is -0.326 e. The van der Waals surface area contributed by atoms with Crippen LogP contribution in [0.2, 0.25) is 0 Å². The smallest absolute Gasteiger partial charge is 0.165 e. The van der Waals surface area contributed by atoms with Crippen LogP contribution in [0.5, 0.6) is 0 Å². The largest absolute Gasteiger partial charge is 0.326 e. The van der Waals surface area contributed by atoms with Crippen LogP contribution in [-0.2, 0) is 6.54 Å². The lowest BCUT2D eigenvalue weighted by molar-refractivity contribution is 0.0923. The molecule has 0 aromatic heterocycles. The van der Waals surface area contributed by atoms with Gasteiger partial charge in [-0.2, -0.15) is 0 Å². The van der Waals surface area contributed by atoms with E-state index in [9.17, 15) is 4.79 Å². The van der Waals surface area contributed by atoms with Gasteiger partial charge >= 0.3 is 0 Å². The molecule has 1 aromatic carbocycles. The van der Waals surface area contributed by atoms with Crippen molar-refractivity contribution in [2.24, 2.45) is 11.7 Å². The fraction of sp³-hybridized carbons (Fsp3) is 0.462. The highest BCUT2D eigenvalue weighted by Crippen LogP contribution is 2.28. The predicted molar refractivity (Wildman–Crippen MR) is 60.6 cm³/mol. The second kappa shape index (κ2) is 4.58. The Balaban J connectivity index is 2.17. The molecular formula is C13H17NO. The van der Waals surface area contributed by atoms with Crippen molar-refractivity contribution in [3.8, 4) is 0 Å². The van der Waals surface area contributed by atoms with Crippen LogP contribution in [0.1, 0.15) is 41.6 Å². The molecule has 0 bridgehead atoms. The summed E-state index contributed by atoms with van der Waals surface area (Å²) in [7, 11) is 0. The highest BCUT2D eigenvalue weighted by Gasteiger charge is 2.23. The Bertz CT molecular complexity index is 353. The fourth-order valence-electron chi connectivity index (χ4n) is 2.28. The van der Waals surface area contributed by atoms with Gasteiger partial charge in [-0.3, -0.25) is 4.79 Å². The second-order valence-electron chi connectivity index (χ2n) is 4.25. The number of rotatable bonds is 3. The number of ketones is 1. The monoisotopic (exact) mass is 203 g/mol. The molecule has 0 amide bonds. The van der Waals surface area contributed by atoms with Crippen LogP contribution in [-0.4, -0.2) is 5.78 Å². The molecule has 2 heteroatoms.